The molecule has 1 fully saturated rings. The molecule has 4 rings (SSSR count). The van der Waals surface area contributed by atoms with Crippen LogP contribution in [0.2, 0.25) is 0 Å². The second-order valence-corrected chi connectivity index (χ2v) is 12.3. The molecule has 2 heterocycles. The third kappa shape index (κ3) is 9.95. The Morgan fingerprint density at radius 3 is 2.42 bits per heavy atom. The monoisotopic (exact) mass is 783 g/mol. The number of nitrogens with zero attached hydrogens (tertiary/aromatic N) is 3. The van der Waals surface area contributed by atoms with E-state index in [0.29, 0.717) is 45.2 Å². The summed E-state index contributed by atoms with van der Waals surface area (Å²) in [5, 5.41) is 5.35. The minimum absolute atomic E-state index is 0. The summed E-state index contributed by atoms with van der Waals surface area (Å²) in [6, 6.07) is 9.78. The number of amides is 3. The van der Waals surface area contributed by atoms with Gasteiger partial charge in [-0.1, -0.05) is 6.07 Å². The lowest BCUT2D eigenvalue weighted by molar-refractivity contribution is -0.870. The maximum absolute atomic E-state index is 14.5. The minimum Gasteiger partial charge on any atom is -1.00 e. The van der Waals surface area contributed by atoms with E-state index >= 15 is 0 Å². The molecule has 1 aliphatic heterocycles. The third-order valence-corrected chi connectivity index (χ3v) is 7.62. The van der Waals surface area contributed by atoms with Gasteiger partial charge in [0.15, 0.2) is 11.5 Å². The number of Topliss-reactive ketones (excluding diaryl/α,β-unsaturated/α-hetero) is 1. The molecular formula is C33H40F2IN5O7. The molecule has 0 bridgehead atoms. The van der Waals surface area contributed by atoms with E-state index in [1.165, 1.54) is 26.5 Å². The SMILES string of the molecule is COc1ccc(CNC(=O)C(=O)[C@@H]2CC(F)(F)CN2C(=O)CNC(=O)c2ccnc3ccc(OCCC[N+](C)(C)C)cc23)cc1OC.[I-]. The first-order valence-electron chi connectivity index (χ1n) is 15.0. The van der Waals surface area contributed by atoms with Gasteiger partial charge in [0.2, 0.25) is 11.7 Å². The van der Waals surface area contributed by atoms with Crippen molar-refractivity contribution in [2.75, 3.05) is 61.6 Å². The second kappa shape index (κ2) is 16.3. The van der Waals surface area contributed by atoms with E-state index in [1.807, 2.05) is 0 Å². The van der Waals surface area contributed by atoms with Gasteiger partial charge in [-0.2, -0.15) is 0 Å². The Bertz CT molecular complexity index is 1650. The van der Waals surface area contributed by atoms with Crippen LogP contribution in [0.4, 0.5) is 8.78 Å². The Balaban J connectivity index is 0.00000625. The van der Waals surface area contributed by atoms with E-state index in [-0.39, 0.29) is 36.1 Å². The number of methoxy groups -OCH3 is 2. The molecule has 3 aromatic rings. The zero-order chi connectivity index (χ0) is 34.4. The van der Waals surface area contributed by atoms with Crippen molar-refractivity contribution in [3.8, 4) is 17.2 Å². The number of rotatable bonds is 14. The first-order chi connectivity index (χ1) is 22.2. The maximum atomic E-state index is 14.5. The number of carbonyl (C=O) groups is 4. The molecule has 0 saturated carbocycles. The van der Waals surface area contributed by atoms with E-state index in [1.54, 1.807) is 36.4 Å². The van der Waals surface area contributed by atoms with Crippen molar-refractivity contribution in [1.29, 1.82) is 0 Å². The van der Waals surface area contributed by atoms with Gasteiger partial charge < -0.3 is 58.2 Å². The molecule has 0 aliphatic carbocycles. The van der Waals surface area contributed by atoms with Gasteiger partial charge in [-0.25, -0.2) is 8.78 Å². The van der Waals surface area contributed by atoms with Crippen LogP contribution in [0.15, 0.2) is 48.7 Å². The van der Waals surface area contributed by atoms with Crippen molar-refractivity contribution in [1.82, 2.24) is 20.5 Å². The van der Waals surface area contributed by atoms with Crippen LogP contribution < -0.4 is 48.8 Å². The van der Waals surface area contributed by atoms with Gasteiger partial charge in [-0.3, -0.25) is 24.2 Å². The number of nitrogens with one attached hydrogen (secondary N) is 2. The molecule has 1 aromatic heterocycles. The first kappa shape index (κ1) is 38.3. The number of ketones is 1. The molecule has 0 spiro atoms. The number of hydrogen-bond donors (Lipinski definition) is 2. The van der Waals surface area contributed by atoms with Crippen molar-refractivity contribution >= 4 is 34.4 Å². The molecule has 2 aromatic carbocycles. The van der Waals surface area contributed by atoms with Crippen molar-refractivity contribution in [2.24, 2.45) is 0 Å². The van der Waals surface area contributed by atoms with Crippen LogP contribution in [0, 0.1) is 0 Å². The summed E-state index contributed by atoms with van der Waals surface area (Å²) in [4.78, 5) is 56.9. The van der Waals surface area contributed by atoms with Crippen LogP contribution in [0.5, 0.6) is 17.2 Å². The van der Waals surface area contributed by atoms with Gasteiger partial charge in [-0.05, 0) is 42.0 Å². The number of quaternary nitrogens is 1. The molecule has 48 heavy (non-hydrogen) atoms. The third-order valence-electron chi connectivity index (χ3n) is 7.62. The summed E-state index contributed by atoms with van der Waals surface area (Å²) in [7, 11) is 9.18. The Labute approximate surface area is 294 Å². The summed E-state index contributed by atoms with van der Waals surface area (Å²) in [6.45, 7) is -0.436. The Morgan fingerprint density at radius 1 is 1.00 bits per heavy atom. The highest BCUT2D eigenvalue weighted by molar-refractivity contribution is 6.38. The van der Waals surface area contributed by atoms with Gasteiger partial charge >= 0.3 is 0 Å². The average molecular weight is 784 g/mol. The van der Waals surface area contributed by atoms with E-state index in [0.717, 1.165) is 17.4 Å². The Hall–Kier alpha value is -4.12. The number of benzene rings is 2. The maximum Gasteiger partial charge on any atom is 0.289 e. The number of hydrogen-bond acceptors (Lipinski definition) is 8. The molecule has 1 saturated heterocycles. The molecular weight excluding hydrogens is 743 g/mol. The van der Waals surface area contributed by atoms with E-state index < -0.39 is 55.0 Å². The Kier molecular flexibility index (Phi) is 13.0. The fourth-order valence-electron chi connectivity index (χ4n) is 5.22. The van der Waals surface area contributed by atoms with Crippen molar-refractivity contribution in [2.45, 2.75) is 31.4 Å². The number of fused-ring (bicyclic) bond motifs is 1. The number of likely N-dealkylation sites (tertiary alicyclic amines) is 1. The lowest BCUT2D eigenvalue weighted by atomic mass is 10.1. The zero-order valence-corrected chi connectivity index (χ0v) is 29.6. The minimum atomic E-state index is -3.40. The molecule has 3 amide bonds. The van der Waals surface area contributed by atoms with Crippen LogP contribution in [-0.4, -0.2) is 111 Å². The average Bonchev–Trinajstić information content (AvgIpc) is 3.38. The van der Waals surface area contributed by atoms with Gasteiger partial charge in [0.25, 0.3) is 17.7 Å². The van der Waals surface area contributed by atoms with Crippen molar-refractivity contribution in [3.63, 3.8) is 0 Å². The number of alkyl halides is 2. The van der Waals surface area contributed by atoms with E-state index in [4.69, 9.17) is 14.2 Å². The highest BCUT2D eigenvalue weighted by Gasteiger charge is 2.51. The lowest BCUT2D eigenvalue weighted by Crippen LogP contribution is -3.00. The highest BCUT2D eigenvalue weighted by Crippen LogP contribution is 2.33. The Morgan fingerprint density at radius 2 is 1.73 bits per heavy atom. The largest absolute Gasteiger partial charge is 1.00 e. The van der Waals surface area contributed by atoms with Gasteiger partial charge in [0, 0.05) is 31.0 Å². The lowest BCUT2D eigenvalue weighted by Gasteiger charge is -2.23. The number of aromatic nitrogens is 1. The van der Waals surface area contributed by atoms with Gasteiger partial charge in [0.1, 0.15) is 11.8 Å². The quantitative estimate of drug-likeness (QED) is 0.0976. The fraction of sp³-hybridized carbons (Fsp3) is 0.424. The summed E-state index contributed by atoms with van der Waals surface area (Å²) in [5.41, 5.74) is 1.29. The smallest absolute Gasteiger partial charge is 0.289 e. The van der Waals surface area contributed by atoms with Crippen LogP contribution in [0.25, 0.3) is 10.9 Å². The molecule has 15 heteroatoms. The summed E-state index contributed by atoms with van der Waals surface area (Å²) < 4.78 is 46.0. The number of carbonyl (C=O) groups excluding carboxylic acids is 4. The van der Waals surface area contributed by atoms with Crippen LogP contribution in [0.1, 0.15) is 28.8 Å². The van der Waals surface area contributed by atoms with Gasteiger partial charge in [-0.15, -0.1) is 0 Å². The summed E-state index contributed by atoms with van der Waals surface area (Å²) >= 11 is 0. The van der Waals surface area contributed by atoms with Crippen LogP contribution in [0.3, 0.4) is 0 Å². The van der Waals surface area contributed by atoms with Crippen LogP contribution >= 0.6 is 0 Å². The molecule has 1 aliphatic rings. The topological polar surface area (TPSA) is 136 Å². The van der Waals surface area contributed by atoms with Gasteiger partial charge in [0.05, 0.1) is 72.7 Å². The predicted molar refractivity (Wildman–Crippen MR) is 169 cm³/mol. The molecule has 260 valence electrons. The second-order valence-electron chi connectivity index (χ2n) is 12.3. The first-order valence-corrected chi connectivity index (χ1v) is 15.0. The summed E-state index contributed by atoms with van der Waals surface area (Å²) in [6.07, 6.45) is 1.25. The molecule has 12 nitrogen and oxygen atoms in total. The van der Waals surface area contributed by atoms with E-state index in [9.17, 15) is 28.0 Å². The molecule has 1 atom stereocenters. The molecule has 0 radical (unpaired) electrons. The summed E-state index contributed by atoms with van der Waals surface area (Å²) in [5.74, 6) is -5.87. The normalized spacial score (nSPS) is 15.3. The fourth-order valence-corrected chi connectivity index (χ4v) is 5.22. The molecule has 0 unspecified atom stereocenters. The number of pyridine rings is 1. The van der Waals surface area contributed by atoms with Crippen molar-refractivity contribution < 1.29 is 70.6 Å². The number of ether oxygens (including phenoxy) is 3. The standard InChI is InChI=1S/C33H39F2N5O7.HI/c1-40(2,3)13-6-14-47-22-8-9-25-24(16-22)23(11-12-36-25)31(43)38-19-29(41)39-20-33(34,35)17-26(39)30(42)32(44)37-18-21-7-10-27(45-4)28(15-21)46-5;/h7-12,15-16,26H,6,13-14,17-20H2,1-5H3,(H-,37,38,43,44);1H/t26-;/m0./s1. The highest BCUT2D eigenvalue weighted by atomic mass is 127. The number of halogens is 3. The predicted octanol–water partition coefficient (Wildman–Crippen LogP) is -0.417. The van der Waals surface area contributed by atoms with Crippen LogP contribution in [-0.2, 0) is 20.9 Å². The van der Waals surface area contributed by atoms with E-state index in [2.05, 4.69) is 36.8 Å². The molecule has 2 N–H and O–H groups in total. The zero-order valence-electron chi connectivity index (χ0n) is 27.5. The van der Waals surface area contributed by atoms with Crippen molar-refractivity contribution in [3.05, 3.63) is 59.8 Å².